The Morgan fingerprint density at radius 1 is 0.778 bits per heavy atom. The van der Waals surface area contributed by atoms with E-state index in [0.717, 1.165) is 34.4 Å². The van der Waals surface area contributed by atoms with Gasteiger partial charge in [0, 0.05) is 24.8 Å². The number of nitrogens with zero attached hydrogens (tertiary/aromatic N) is 2. The third kappa shape index (κ3) is 12.9. The van der Waals surface area contributed by atoms with Crippen molar-refractivity contribution in [2.45, 2.75) is 91.1 Å². The molecule has 0 bridgehead atoms. The lowest BCUT2D eigenvalue weighted by molar-refractivity contribution is -0.130. The predicted octanol–water partition coefficient (Wildman–Crippen LogP) is 4.76. The van der Waals surface area contributed by atoms with Gasteiger partial charge in [-0.15, -0.1) is 0 Å². The topological polar surface area (TPSA) is 199 Å². The summed E-state index contributed by atoms with van der Waals surface area (Å²) in [6.07, 6.45) is -1.36. The van der Waals surface area contributed by atoms with Gasteiger partial charge < -0.3 is 30.9 Å². The van der Waals surface area contributed by atoms with Gasteiger partial charge in [0.25, 0.3) is 0 Å². The molecule has 292 valence electrons. The third-order valence-corrected chi connectivity index (χ3v) is 8.92. The van der Waals surface area contributed by atoms with Crippen LogP contribution in [0.4, 0.5) is 14.4 Å². The van der Waals surface area contributed by atoms with Crippen LogP contribution in [0.1, 0.15) is 59.1 Å². The van der Waals surface area contributed by atoms with Gasteiger partial charge >= 0.3 is 18.2 Å². The van der Waals surface area contributed by atoms with Crippen molar-refractivity contribution in [2.24, 2.45) is 10.8 Å². The molecule has 14 nitrogen and oxygen atoms in total. The van der Waals surface area contributed by atoms with Crippen LogP contribution < -0.4 is 21.3 Å². The number of carboxylic acid groups (broad SMARTS) is 1. The van der Waals surface area contributed by atoms with Crippen LogP contribution in [0.25, 0.3) is 11.3 Å². The highest BCUT2D eigenvalue weighted by Crippen LogP contribution is 2.26. The van der Waals surface area contributed by atoms with Gasteiger partial charge in [0.1, 0.15) is 12.1 Å². The van der Waals surface area contributed by atoms with E-state index in [9.17, 15) is 34.2 Å². The molecule has 1 heterocycles. The van der Waals surface area contributed by atoms with Crippen LogP contribution in [-0.4, -0.2) is 94.6 Å². The minimum Gasteiger partial charge on any atom is -0.465 e. The second kappa shape index (κ2) is 19.0. The predicted molar refractivity (Wildman–Crippen MR) is 204 cm³/mol. The molecule has 54 heavy (non-hydrogen) atoms. The number of hydrogen-bond acceptors (Lipinski definition) is 8. The molecule has 0 fully saturated rings. The number of aromatic nitrogens is 1. The Morgan fingerprint density at radius 2 is 1.39 bits per heavy atom. The Kier molecular flexibility index (Phi) is 15.1. The van der Waals surface area contributed by atoms with Crippen LogP contribution in [0.15, 0.2) is 79.0 Å². The maximum Gasteiger partial charge on any atom is 0.415 e. The van der Waals surface area contributed by atoms with Crippen molar-refractivity contribution in [2.75, 3.05) is 14.2 Å². The summed E-state index contributed by atoms with van der Waals surface area (Å²) in [5.41, 5.74) is 1.73. The van der Waals surface area contributed by atoms with Gasteiger partial charge in [-0.2, -0.15) is 0 Å². The summed E-state index contributed by atoms with van der Waals surface area (Å²) in [6.45, 7) is 10.5. The molecule has 0 aliphatic rings. The van der Waals surface area contributed by atoms with Crippen molar-refractivity contribution in [1.29, 1.82) is 0 Å². The second-order valence-electron chi connectivity index (χ2n) is 15.5. The average Bonchev–Trinajstić information content (AvgIpc) is 3.10. The van der Waals surface area contributed by atoms with Gasteiger partial charge in [0.15, 0.2) is 0 Å². The lowest BCUT2D eigenvalue weighted by Gasteiger charge is -2.37. The number of likely N-dealkylation sites (N-methyl/N-ethyl adjacent to an activating group) is 1. The van der Waals surface area contributed by atoms with E-state index in [0.29, 0.717) is 0 Å². The fourth-order valence-corrected chi connectivity index (χ4v) is 6.22. The molecule has 0 saturated carbocycles. The molecule has 0 spiro atoms. The van der Waals surface area contributed by atoms with Crippen molar-refractivity contribution in [3.05, 3.63) is 90.1 Å². The van der Waals surface area contributed by atoms with Gasteiger partial charge in [0.05, 0.1) is 24.9 Å². The van der Waals surface area contributed by atoms with Gasteiger partial charge in [-0.3, -0.25) is 19.5 Å². The maximum atomic E-state index is 13.9. The fraction of sp³-hybridized carbons (Fsp3) is 0.450. The van der Waals surface area contributed by atoms with E-state index >= 15 is 0 Å². The number of aliphatic hydroxyl groups is 1. The maximum absolute atomic E-state index is 13.9. The average molecular weight is 747 g/mol. The number of aliphatic hydroxyl groups excluding tert-OH is 1. The number of methoxy groups -OCH3 is 1. The number of pyridine rings is 1. The molecule has 6 N–H and O–H groups in total. The number of rotatable bonds is 14. The number of imide groups is 1. The molecule has 14 heteroatoms. The largest absolute Gasteiger partial charge is 0.465 e. The Bertz CT molecular complexity index is 1710. The zero-order valence-corrected chi connectivity index (χ0v) is 32.3. The quantitative estimate of drug-likeness (QED) is 0.135. The number of hydrogen-bond donors (Lipinski definition) is 6. The number of benzene rings is 2. The molecule has 3 aromatic rings. The summed E-state index contributed by atoms with van der Waals surface area (Å²) in [5, 5.41) is 32.2. The molecule has 3 rings (SSSR count). The molecule has 5 atom stereocenters. The van der Waals surface area contributed by atoms with Crippen LogP contribution in [0.5, 0.6) is 0 Å². The Labute approximate surface area is 317 Å². The lowest BCUT2D eigenvalue weighted by Crippen LogP contribution is -2.60. The normalized spacial score (nSPS) is 14.3. The number of nitrogens with one attached hydrogen (secondary N) is 4. The summed E-state index contributed by atoms with van der Waals surface area (Å²) >= 11 is 0. The van der Waals surface area contributed by atoms with Crippen molar-refractivity contribution >= 4 is 30.0 Å². The van der Waals surface area contributed by atoms with Crippen molar-refractivity contribution in [3.8, 4) is 11.3 Å². The molecular formula is C40H54N6O8. The molecule has 0 aliphatic carbocycles. The lowest BCUT2D eigenvalue weighted by atomic mass is 9.84. The Morgan fingerprint density at radius 3 is 1.93 bits per heavy atom. The number of alkyl carbamates (subject to hydrolysis) is 1. The van der Waals surface area contributed by atoms with Gasteiger partial charge in [-0.1, -0.05) is 102 Å². The van der Waals surface area contributed by atoms with E-state index in [-0.39, 0.29) is 19.3 Å². The third-order valence-electron chi connectivity index (χ3n) is 8.92. The van der Waals surface area contributed by atoms with E-state index in [1.165, 1.54) is 7.05 Å². The highest BCUT2D eigenvalue weighted by atomic mass is 16.5. The number of amides is 6. The smallest absolute Gasteiger partial charge is 0.415 e. The van der Waals surface area contributed by atoms with Gasteiger partial charge in [0.2, 0.25) is 11.8 Å². The Hall–Kier alpha value is -5.50. The summed E-state index contributed by atoms with van der Waals surface area (Å²) < 4.78 is 4.49. The summed E-state index contributed by atoms with van der Waals surface area (Å²) in [7, 11) is 2.45. The Balaban J connectivity index is 1.97. The summed E-state index contributed by atoms with van der Waals surface area (Å²) in [5.74, 6) is -1.14. The highest BCUT2D eigenvalue weighted by molar-refractivity contribution is 5.94. The number of carbonyl (C=O) groups excluding carboxylic acids is 4. The minimum absolute atomic E-state index is 0.0321. The summed E-state index contributed by atoms with van der Waals surface area (Å²) in [6, 6.07) is 17.7. The fourth-order valence-electron chi connectivity index (χ4n) is 6.22. The minimum atomic E-state index is -1.26. The van der Waals surface area contributed by atoms with E-state index in [1.807, 2.05) is 78.1 Å². The van der Waals surface area contributed by atoms with E-state index in [2.05, 4.69) is 25.7 Å². The molecule has 0 saturated heterocycles. The van der Waals surface area contributed by atoms with Crippen molar-refractivity contribution in [1.82, 2.24) is 31.2 Å². The van der Waals surface area contributed by atoms with Crippen LogP contribution in [0.2, 0.25) is 0 Å². The molecule has 0 radical (unpaired) electrons. The molecule has 6 amide bonds. The van der Waals surface area contributed by atoms with Crippen LogP contribution in [0.3, 0.4) is 0 Å². The van der Waals surface area contributed by atoms with Crippen molar-refractivity contribution in [3.63, 3.8) is 0 Å². The summed E-state index contributed by atoms with van der Waals surface area (Å²) in [4.78, 5) is 69.5. The van der Waals surface area contributed by atoms with Crippen LogP contribution in [0, 0.1) is 10.8 Å². The molecule has 2 aromatic carbocycles. The monoisotopic (exact) mass is 746 g/mol. The molecule has 0 unspecified atom stereocenters. The van der Waals surface area contributed by atoms with Gasteiger partial charge in [-0.05, 0) is 53.4 Å². The van der Waals surface area contributed by atoms with E-state index in [1.54, 1.807) is 47.7 Å². The first-order chi connectivity index (χ1) is 25.3. The standard InChI is InChI=1S/C40H54N6O8/c1-39(2,3)32(44-36(50)45-37(51)54-8)34(48)43-30(23-25-14-10-9-11-15-25)31(47)24-28(42-35(49)33(40(4,5)6)46(7)38(52)53)22-26-17-19-27(20-18-26)29-16-12-13-21-41-29/h9-21,28,30-33,47H,22-24H2,1-8H3,(H,42,49)(H,43,48)(H,52,53)(H2,44,45,50,51)/t28-,30-,31-,32+,33+/m0/s1. The SMILES string of the molecule is COC(=O)NC(=O)N[C@H](C(=O)N[C@@H](Cc1ccccc1)[C@@H](O)C[C@H](Cc1ccc(-c2ccccn2)cc1)NC(=O)[C@@H](N(C)C(=O)O)C(C)(C)C)C(C)(C)C. The highest BCUT2D eigenvalue weighted by Gasteiger charge is 2.39. The molecule has 1 aromatic heterocycles. The van der Waals surface area contributed by atoms with Crippen LogP contribution >= 0.6 is 0 Å². The second-order valence-corrected chi connectivity index (χ2v) is 15.5. The van der Waals surface area contributed by atoms with Crippen molar-refractivity contribution < 1.29 is 38.9 Å². The number of ether oxygens (including phenoxy) is 1. The van der Waals surface area contributed by atoms with Gasteiger partial charge in [-0.25, -0.2) is 19.7 Å². The van der Waals surface area contributed by atoms with E-state index in [4.69, 9.17) is 0 Å². The molecule has 0 aliphatic heterocycles. The number of urea groups is 1. The first-order valence-corrected chi connectivity index (χ1v) is 17.7. The number of carbonyl (C=O) groups is 5. The first-order valence-electron chi connectivity index (χ1n) is 17.7. The molecular weight excluding hydrogens is 692 g/mol. The zero-order valence-electron chi connectivity index (χ0n) is 32.3. The first kappa shape index (κ1) is 42.9. The van der Waals surface area contributed by atoms with Crippen LogP contribution in [-0.2, 0) is 27.2 Å². The zero-order chi connectivity index (χ0) is 40.2. The van der Waals surface area contributed by atoms with E-state index < -0.39 is 71.1 Å².